The summed E-state index contributed by atoms with van der Waals surface area (Å²) in [6.45, 7) is 2.73. The van der Waals surface area contributed by atoms with E-state index in [1.807, 2.05) is 54.6 Å². The van der Waals surface area contributed by atoms with Gasteiger partial charge in [-0.1, -0.05) is 30.3 Å². The molecule has 1 aliphatic heterocycles. The molecular weight excluding hydrogens is 356 g/mol. The Morgan fingerprint density at radius 3 is 2.39 bits per heavy atom. The molecule has 0 bridgehead atoms. The summed E-state index contributed by atoms with van der Waals surface area (Å²) >= 11 is 0. The minimum atomic E-state index is -0.207. The Kier molecular flexibility index (Phi) is 5.23. The van der Waals surface area contributed by atoms with Gasteiger partial charge in [0.2, 0.25) is 5.89 Å². The van der Waals surface area contributed by atoms with E-state index >= 15 is 0 Å². The lowest BCUT2D eigenvalue weighted by atomic mass is 10.2. The fourth-order valence-electron chi connectivity index (χ4n) is 3.28. The van der Waals surface area contributed by atoms with Crippen LogP contribution in [0.2, 0.25) is 0 Å². The summed E-state index contributed by atoms with van der Waals surface area (Å²) < 4.78 is 10.8. The van der Waals surface area contributed by atoms with Gasteiger partial charge in [-0.2, -0.15) is 0 Å². The highest BCUT2D eigenvalue weighted by Gasteiger charge is 2.26. The summed E-state index contributed by atoms with van der Waals surface area (Å²) in [5, 5.41) is 7.97. The second kappa shape index (κ2) is 8.12. The molecule has 1 aliphatic rings. The molecule has 0 spiro atoms. The van der Waals surface area contributed by atoms with Crippen molar-refractivity contribution >= 4 is 11.6 Å². The molecule has 1 aromatic heterocycles. The standard InChI is InChI=1S/C21H22N4O3/c1-27-18-9-7-17(8-10-18)24-11-13-25(14-12-24)21(26)20-23-22-19(28-20)15-16-5-3-2-4-6-16/h2-10H,11-15H2,1H3. The van der Waals surface area contributed by atoms with Crippen LogP contribution >= 0.6 is 0 Å². The Morgan fingerprint density at radius 2 is 1.71 bits per heavy atom. The lowest BCUT2D eigenvalue weighted by Gasteiger charge is -2.35. The quantitative estimate of drug-likeness (QED) is 0.680. The van der Waals surface area contributed by atoms with Crippen molar-refractivity contribution in [1.29, 1.82) is 0 Å². The van der Waals surface area contributed by atoms with Gasteiger partial charge < -0.3 is 19.0 Å². The maximum atomic E-state index is 12.7. The minimum absolute atomic E-state index is 0.0591. The first-order valence-electron chi connectivity index (χ1n) is 9.27. The third kappa shape index (κ3) is 3.98. The smallest absolute Gasteiger partial charge is 0.311 e. The van der Waals surface area contributed by atoms with Crippen LogP contribution in [0, 0.1) is 0 Å². The molecule has 1 saturated heterocycles. The van der Waals surface area contributed by atoms with Gasteiger partial charge in [-0.05, 0) is 29.8 Å². The van der Waals surface area contributed by atoms with Crippen LogP contribution < -0.4 is 9.64 Å². The molecule has 28 heavy (non-hydrogen) atoms. The molecule has 2 aromatic carbocycles. The van der Waals surface area contributed by atoms with E-state index < -0.39 is 0 Å². The molecule has 1 fully saturated rings. The van der Waals surface area contributed by atoms with E-state index in [1.54, 1.807) is 12.0 Å². The van der Waals surface area contributed by atoms with Crippen molar-refractivity contribution in [3.63, 3.8) is 0 Å². The lowest BCUT2D eigenvalue weighted by molar-refractivity contribution is 0.0705. The van der Waals surface area contributed by atoms with Gasteiger partial charge in [0.25, 0.3) is 0 Å². The lowest BCUT2D eigenvalue weighted by Crippen LogP contribution is -2.48. The van der Waals surface area contributed by atoms with Crippen LogP contribution in [0.25, 0.3) is 0 Å². The van der Waals surface area contributed by atoms with E-state index in [9.17, 15) is 4.79 Å². The molecule has 0 unspecified atom stereocenters. The van der Waals surface area contributed by atoms with Crippen molar-refractivity contribution in [2.45, 2.75) is 6.42 Å². The van der Waals surface area contributed by atoms with Crippen LogP contribution in [-0.2, 0) is 6.42 Å². The molecule has 1 amide bonds. The summed E-state index contributed by atoms with van der Waals surface area (Å²) in [6.07, 6.45) is 0.520. The Morgan fingerprint density at radius 1 is 1.00 bits per heavy atom. The van der Waals surface area contributed by atoms with Crippen molar-refractivity contribution in [1.82, 2.24) is 15.1 Å². The van der Waals surface area contributed by atoms with Gasteiger partial charge in [-0.15, -0.1) is 10.2 Å². The Labute approximate surface area is 163 Å². The molecule has 0 N–H and O–H groups in total. The molecule has 0 aliphatic carbocycles. The summed E-state index contributed by atoms with van der Waals surface area (Å²) in [7, 11) is 1.65. The zero-order chi connectivity index (χ0) is 19.3. The second-order valence-electron chi connectivity index (χ2n) is 6.64. The van der Waals surface area contributed by atoms with Crippen LogP contribution in [0.3, 0.4) is 0 Å². The molecule has 0 saturated carbocycles. The maximum Gasteiger partial charge on any atom is 0.311 e. The van der Waals surface area contributed by atoms with Crippen molar-refractivity contribution < 1.29 is 13.9 Å². The van der Waals surface area contributed by atoms with Crippen LogP contribution in [0.5, 0.6) is 5.75 Å². The number of rotatable bonds is 5. The Hall–Kier alpha value is -3.35. The van der Waals surface area contributed by atoms with Crippen LogP contribution in [0.1, 0.15) is 22.1 Å². The topological polar surface area (TPSA) is 71.7 Å². The third-order valence-corrected chi connectivity index (χ3v) is 4.85. The van der Waals surface area contributed by atoms with Crippen molar-refractivity contribution in [3.8, 4) is 5.75 Å². The van der Waals surface area contributed by atoms with E-state index in [0.29, 0.717) is 25.4 Å². The Bertz CT molecular complexity index is 916. The van der Waals surface area contributed by atoms with Gasteiger partial charge in [0.15, 0.2) is 0 Å². The minimum Gasteiger partial charge on any atom is -0.497 e. The van der Waals surface area contributed by atoms with Crippen LogP contribution in [-0.4, -0.2) is 54.3 Å². The van der Waals surface area contributed by atoms with E-state index in [4.69, 9.17) is 9.15 Å². The predicted octanol–water partition coefficient (Wildman–Crippen LogP) is 2.63. The summed E-state index contributed by atoms with van der Waals surface area (Å²) in [5.41, 5.74) is 2.19. The van der Waals surface area contributed by atoms with Gasteiger partial charge in [-0.3, -0.25) is 4.79 Å². The first-order valence-corrected chi connectivity index (χ1v) is 9.27. The van der Waals surface area contributed by atoms with E-state index in [1.165, 1.54) is 0 Å². The molecule has 144 valence electrons. The monoisotopic (exact) mass is 378 g/mol. The number of carbonyl (C=O) groups excluding carboxylic acids is 1. The number of amides is 1. The number of carbonyl (C=O) groups is 1. The molecule has 0 atom stereocenters. The number of aromatic nitrogens is 2. The average Bonchev–Trinajstić information content (AvgIpc) is 3.22. The molecule has 7 heteroatoms. The van der Waals surface area contributed by atoms with Crippen molar-refractivity contribution in [2.24, 2.45) is 0 Å². The SMILES string of the molecule is COc1ccc(N2CCN(C(=O)c3nnc(Cc4ccccc4)o3)CC2)cc1. The van der Waals surface area contributed by atoms with Crippen LogP contribution in [0.4, 0.5) is 5.69 Å². The fourth-order valence-corrected chi connectivity index (χ4v) is 3.28. The van der Waals surface area contributed by atoms with E-state index in [2.05, 4.69) is 15.1 Å². The zero-order valence-electron chi connectivity index (χ0n) is 15.7. The number of piperazine rings is 1. The van der Waals surface area contributed by atoms with Gasteiger partial charge in [0, 0.05) is 31.9 Å². The first-order chi connectivity index (χ1) is 13.7. The molecular formula is C21H22N4O3. The maximum absolute atomic E-state index is 12.7. The number of methoxy groups -OCH3 is 1. The van der Waals surface area contributed by atoms with E-state index in [-0.39, 0.29) is 11.8 Å². The van der Waals surface area contributed by atoms with Crippen LogP contribution in [0.15, 0.2) is 59.0 Å². The highest BCUT2D eigenvalue weighted by Crippen LogP contribution is 2.21. The summed E-state index contributed by atoms with van der Waals surface area (Å²) in [6, 6.07) is 17.8. The van der Waals surface area contributed by atoms with Crippen molar-refractivity contribution in [2.75, 3.05) is 38.2 Å². The highest BCUT2D eigenvalue weighted by atomic mass is 16.5. The number of hydrogen-bond acceptors (Lipinski definition) is 6. The number of hydrogen-bond donors (Lipinski definition) is 0. The van der Waals surface area contributed by atoms with Gasteiger partial charge in [0.1, 0.15) is 5.75 Å². The molecule has 2 heterocycles. The molecule has 3 aromatic rings. The summed E-state index contributed by atoms with van der Waals surface area (Å²) in [4.78, 5) is 16.7. The molecule has 7 nitrogen and oxygen atoms in total. The fraction of sp³-hybridized carbons (Fsp3) is 0.286. The number of ether oxygens (including phenoxy) is 1. The molecule has 0 radical (unpaired) electrons. The second-order valence-corrected chi connectivity index (χ2v) is 6.64. The Balaban J connectivity index is 1.35. The van der Waals surface area contributed by atoms with Crippen molar-refractivity contribution in [3.05, 3.63) is 71.9 Å². The largest absolute Gasteiger partial charge is 0.497 e. The predicted molar refractivity (Wildman–Crippen MR) is 105 cm³/mol. The number of anilines is 1. The van der Waals surface area contributed by atoms with Gasteiger partial charge in [0.05, 0.1) is 13.5 Å². The normalized spacial score (nSPS) is 14.2. The third-order valence-electron chi connectivity index (χ3n) is 4.85. The van der Waals surface area contributed by atoms with Gasteiger partial charge in [-0.25, -0.2) is 0 Å². The summed E-state index contributed by atoms with van der Waals surface area (Å²) in [5.74, 6) is 1.14. The zero-order valence-corrected chi connectivity index (χ0v) is 15.7. The highest BCUT2D eigenvalue weighted by molar-refractivity contribution is 5.89. The number of nitrogens with zero attached hydrogens (tertiary/aromatic N) is 4. The number of benzene rings is 2. The first kappa shape index (κ1) is 18.0. The molecule has 4 rings (SSSR count). The van der Waals surface area contributed by atoms with E-state index in [0.717, 1.165) is 30.1 Å². The average molecular weight is 378 g/mol. The van der Waals surface area contributed by atoms with Gasteiger partial charge >= 0.3 is 11.8 Å².